The molecule has 0 aliphatic heterocycles. The van der Waals surface area contributed by atoms with E-state index in [2.05, 4.69) is 6.07 Å². The van der Waals surface area contributed by atoms with Crippen LogP contribution in [-0.4, -0.2) is 17.2 Å². The Morgan fingerprint density at radius 1 is 1.64 bits per heavy atom. The Morgan fingerprint density at radius 3 is 2.18 bits per heavy atom. The zero-order valence-electron chi connectivity index (χ0n) is 7.20. The minimum atomic E-state index is -1.40. The van der Waals surface area contributed by atoms with Crippen molar-refractivity contribution in [2.75, 3.05) is 0 Å². The Balaban J connectivity index is 4.40. The predicted octanol–water partition coefficient (Wildman–Crippen LogP) is 0.789. The van der Waals surface area contributed by atoms with E-state index in [9.17, 15) is 0 Å². The Morgan fingerprint density at radius 2 is 2.09 bits per heavy atom. The maximum absolute atomic E-state index is 8.82. The van der Waals surface area contributed by atoms with E-state index in [1.165, 1.54) is 0 Å². The molecule has 11 heavy (non-hydrogen) atoms. The average molecular weight is 155 g/mol. The highest BCUT2D eigenvalue weighted by molar-refractivity contribution is 6.43. The summed E-state index contributed by atoms with van der Waals surface area (Å²) in [4.78, 5) is 0. The summed E-state index contributed by atoms with van der Waals surface area (Å²) >= 11 is 0. The first-order valence-electron chi connectivity index (χ1n) is 3.75. The smallest absolute Gasteiger partial charge is 0.427 e. The molecule has 0 saturated heterocycles. The van der Waals surface area contributed by atoms with Gasteiger partial charge in [-0.1, -0.05) is 13.8 Å². The molecule has 3 nitrogen and oxygen atoms in total. The van der Waals surface area contributed by atoms with Crippen molar-refractivity contribution in [1.82, 2.24) is 0 Å². The van der Waals surface area contributed by atoms with Crippen molar-refractivity contribution in [2.45, 2.75) is 33.0 Å². The van der Waals surface area contributed by atoms with Gasteiger partial charge in [-0.15, -0.1) is 0 Å². The van der Waals surface area contributed by atoms with E-state index < -0.39 is 18.4 Å². The van der Waals surface area contributed by atoms with Crippen LogP contribution in [-0.2, 0) is 0 Å². The van der Waals surface area contributed by atoms with Gasteiger partial charge in [-0.05, 0) is 13.3 Å². The lowest BCUT2D eigenvalue weighted by atomic mass is 9.59. The largest absolute Gasteiger partial charge is 0.456 e. The van der Waals surface area contributed by atoms with Crippen LogP contribution in [0, 0.1) is 16.7 Å². The van der Waals surface area contributed by atoms with Gasteiger partial charge >= 0.3 is 7.12 Å². The van der Waals surface area contributed by atoms with Crippen LogP contribution in [0.15, 0.2) is 0 Å². The van der Waals surface area contributed by atoms with Gasteiger partial charge in [0.15, 0.2) is 0 Å². The minimum absolute atomic E-state index is 0.405. The first-order chi connectivity index (χ1) is 4.98. The second kappa shape index (κ2) is 3.75. The summed E-state index contributed by atoms with van der Waals surface area (Å²) < 4.78 is 0. The third kappa shape index (κ3) is 2.21. The number of nitriles is 1. The van der Waals surface area contributed by atoms with Gasteiger partial charge in [0, 0.05) is 5.82 Å². The lowest BCUT2D eigenvalue weighted by molar-refractivity contribution is 0.314. The number of hydrogen-bond acceptors (Lipinski definition) is 3. The monoisotopic (exact) mass is 155 g/mol. The molecular formula is C7H14BNO2. The molecule has 0 aromatic carbocycles. The van der Waals surface area contributed by atoms with Gasteiger partial charge in [-0.25, -0.2) is 0 Å². The van der Waals surface area contributed by atoms with E-state index in [1.807, 2.05) is 6.92 Å². The molecule has 0 aliphatic carbocycles. The van der Waals surface area contributed by atoms with Gasteiger partial charge in [0.2, 0.25) is 0 Å². The summed E-state index contributed by atoms with van der Waals surface area (Å²) in [7, 11) is -1.40. The molecule has 0 bridgehead atoms. The van der Waals surface area contributed by atoms with E-state index in [-0.39, 0.29) is 0 Å². The van der Waals surface area contributed by atoms with Crippen LogP contribution in [0.1, 0.15) is 27.2 Å². The molecule has 2 atom stereocenters. The molecule has 0 amide bonds. The van der Waals surface area contributed by atoms with E-state index in [0.29, 0.717) is 6.42 Å². The van der Waals surface area contributed by atoms with Crippen LogP contribution in [0.4, 0.5) is 0 Å². The maximum Gasteiger partial charge on any atom is 0.456 e. The lowest BCUT2D eigenvalue weighted by Gasteiger charge is -2.26. The fraction of sp³-hybridized carbons (Fsp3) is 0.857. The molecule has 0 spiro atoms. The average Bonchev–Trinajstić information content (AvgIpc) is 2.01. The highest BCUT2D eigenvalue weighted by atomic mass is 16.4. The summed E-state index contributed by atoms with van der Waals surface area (Å²) in [6.45, 7) is 5.26. The van der Waals surface area contributed by atoms with Gasteiger partial charge in [-0.3, -0.25) is 0 Å². The highest BCUT2D eigenvalue weighted by Gasteiger charge is 2.36. The molecule has 0 aromatic rings. The van der Waals surface area contributed by atoms with Crippen molar-refractivity contribution in [3.8, 4) is 6.07 Å². The van der Waals surface area contributed by atoms with Gasteiger partial charge in [0.05, 0.1) is 11.5 Å². The van der Waals surface area contributed by atoms with Crippen LogP contribution in [0.2, 0.25) is 5.82 Å². The van der Waals surface area contributed by atoms with Crippen LogP contribution in [0.5, 0.6) is 0 Å². The van der Waals surface area contributed by atoms with Crippen LogP contribution < -0.4 is 0 Å². The standard InChI is InChI=1S/C7H14BNO2/c1-4-7(3,5-9)6(2)8(10)11/h6,10-11H,4H2,1-3H3. The van der Waals surface area contributed by atoms with E-state index >= 15 is 0 Å². The molecule has 0 saturated carbocycles. The molecule has 0 aromatic heterocycles. The molecule has 0 aliphatic rings. The van der Waals surface area contributed by atoms with Crippen molar-refractivity contribution in [2.24, 2.45) is 5.41 Å². The Bertz CT molecular complexity index is 166. The van der Waals surface area contributed by atoms with Crippen molar-refractivity contribution in [3.05, 3.63) is 0 Å². The van der Waals surface area contributed by atoms with Gasteiger partial charge in [0.1, 0.15) is 0 Å². The van der Waals surface area contributed by atoms with E-state index in [0.717, 1.165) is 0 Å². The van der Waals surface area contributed by atoms with Gasteiger partial charge in [0.25, 0.3) is 0 Å². The molecule has 4 heteroatoms. The van der Waals surface area contributed by atoms with Crippen LogP contribution in [0.3, 0.4) is 0 Å². The number of rotatable bonds is 3. The normalized spacial score (nSPS) is 18.2. The zero-order valence-corrected chi connectivity index (χ0v) is 7.20. The molecule has 0 heterocycles. The van der Waals surface area contributed by atoms with Crippen molar-refractivity contribution < 1.29 is 10.0 Å². The van der Waals surface area contributed by atoms with Crippen LogP contribution >= 0.6 is 0 Å². The van der Waals surface area contributed by atoms with Crippen LogP contribution in [0.25, 0.3) is 0 Å². The molecule has 0 rings (SSSR count). The van der Waals surface area contributed by atoms with E-state index in [1.54, 1.807) is 13.8 Å². The number of nitrogens with zero attached hydrogens (tertiary/aromatic N) is 1. The second-order valence-corrected chi connectivity index (χ2v) is 3.09. The summed E-state index contributed by atoms with van der Waals surface area (Å²) in [5.74, 6) is -0.405. The number of hydrogen-bond donors (Lipinski definition) is 2. The second-order valence-electron chi connectivity index (χ2n) is 3.09. The third-order valence-corrected chi connectivity index (χ3v) is 2.44. The Labute approximate surface area is 67.8 Å². The molecule has 2 unspecified atom stereocenters. The summed E-state index contributed by atoms with van der Waals surface area (Å²) in [5.41, 5.74) is -0.631. The molecule has 2 N–H and O–H groups in total. The molecule has 0 radical (unpaired) electrons. The minimum Gasteiger partial charge on any atom is -0.427 e. The van der Waals surface area contributed by atoms with Crippen molar-refractivity contribution in [3.63, 3.8) is 0 Å². The van der Waals surface area contributed by atoms with Gasteiger partial charge in [-0.2, -0.15) is 5.26 Å². The van der Waals surface area contributed by atoms with Crippen molar-refractivity contribution in [1.29, 1.82) is 5.26 Å². The van der Waals surface area contributed by atoms with E-state index in [4.69, 9.17) is 15.3 Å². The summed E-state index contributed by atoms with van der Waals surface area (Å²) in [6, 6.07) is 2.09. The summed E-state index contributed by atoms with van der Waals surface area (Å²) in [6.07, 6.45) is 0.627. The quantitative estimate of drug-likeness (QED) is 0.592. The highest BCUT2D eigenvalue weighted by Crippen LogP contribution is 2.35. The molecular weight excluding hydrogens is 141 g/mol. The molecule has 62 valence electrons. The SMILES string of the molecule is CCC(C)(C#N)C(C)B(O)O. The zero-order chi connectivity index (χ0) is 9.07. The Kier molecular flexibility index (Phi) is 3.57. The predicted molar refractivity (Wildman–Crippen MR) is 43.6 cm³/mol. The topological polar surface area (TPSA) is 64.2 Å². The fourth-order valence-corrected chi connectivity index (χ4v) is 0.832. The maximum atomic E-state index is 8.82. The first-order valence-corrected chi connectivity index (χ1v) is 3.75. The third-order valence-electron chi connectivity index (χ3n) is 2.44. The molecule has 0 fully saturated rings. The van der Waals surface area contributed by atoms with Crippen molar-refractivity contribution >= 4 is 7.12 Å². The fourth-order valence-electron chi connectivity index (χ4n) is 0.832. The summed E-state index contributed by atoms with van der Waals surface area (Å²) in [5, 5.41) is 26.4. The Hall–Kier alpha value is -0.525. The van der Waals surface area contributed by atoms with Gasteiger partial charge < -0.3 is 10.0 Å². The lowest BCUT2D eigenvalue weighted by Crippen LogP contribution is -2.31. The first kappa shape index (κ1) is 10.5.